The summed E-state index contributed by atoms with van der Waals surface area (Å²) in [5, 5.41) is 15.0. The molecule has 0 aliphatic rings. The van der Waals surface area contributed by atoms with Crippen molar-refractivity contribution in [3.8, 4) is 0 Å². The Balaban J connectivity index is 1.79. The zero-order valence-corrected chi connectivity index (χ0v) is 16.3. The second-order valence-corrected chi connectivity index (χ2v) is 7.05. The normalized spacial score (nSPS) is 11.5. The number of hydrogen-bond donors (Lipinski definition) is 1. The van der Waals surface area contributed by atoms with Crippen LogP contribution in [-0.4, -0.2) is 31.0 Å². The molecule has 0 aliphatic heterocycles. The predicted molar refractivity (Wildman–Crippen MR) is 114 cm³/mol. The van der Waals surface area contributed by atoms with Crippen molar-refractivity contribution >= 4 is 28.0 Å². The summed E-state index contributed by atoms with van der Waals surface area (Å²) in [6.07, 6.45) is 4.51. The lowest BCUT2D eigenvalue weighted by Gasteiger charge is -2.10. The van der Waals surface area contributed by atoms with E-state index in [2.05, 4.69) is 48.4 Å². The summed E-state index contributed by atoms with van der Waals surface area (Å²) in [4.78, 5) is 4.95. The van der Waals surface area contributed by atoms with Crippen molar-refractivity contribution in [3.63, 3.8) is 0 Å². The van der Waals surface area contributed by atoms with Crippen LogP contribution in [0.1, 0.15) is 36.8 Å². The van der Waals surface area contributed by atoms with Gasteiger partial charge < -0.3 is 9.67 Å². The lowest BCUT2D eigenvalue weighted by molar-refractivity contribution is 0.281. The maximum absolute atomic E-state index is 9.18. The van der Waals surface area contributed by atoms with Crippen LogP contribution < -0.4 is 0 Å². The lowest BCUT2D eigenvalue weighted by atomic mass is 10.1. The Morgan fingerprint density at radius 2 is 1.96 bits per heavy atom. The van der Waals surface area contributed by atoms with Crippen molar-refractivity contribution in [2.75, 3.05) is 6.61 Å². The number of aromatic nitrogens is 4. The van der Waals surface area contributed by atoms with Gasteiger partial charge in [-0.3, -0.25) is 4.68 Å². The van der Waals surface area contributed by atoms with Gasteiger partial charge in [0.1, 0.15) is 5.82 Å². The summed E-state index contributed by atoms with van der Waals surface area (Å²) >= 11 is 0. The predicted octanol–water partition coefficient (Wildman–Crippen LogP) is 4.41. The van der Waals surface area contributed by atoms with Crippen LogP contribution in [-0.2, 0) is 19.5 Å². The van der Waals surface area contributed by atoms with Crippen LogP contribution >= 0.6 is 0 Å². The first-order valence-corrected chi connectivity index (χ1v) is 9.92. The van der Waals surface area contributed by atoms with Crippen molar-refractivity contribution in [2.45, 2.75) is 39.3 Å². The summed E-state index contributed by atoms with van der Waals surface area (Å²) in [5.41, 5.74) is 5.44. The van der Waals surface area contributed by atoms with Gasteiger partial charge in [-0.1, -0.05) is 37.8 Å². The molecule has 0 radical (unpaired) electrons. The molecule has 5 heteroatoms. The van der Waals surface area contributed by atoms with Gasteiger partial charge in [0.15, 0.2) is 0 Å². The van der Waals surface area contributed by atoms with Crippen LogP contribution in [0.2, 0.25) is 0 Å². The van der Waals surface area contributed by atoms with Gasteiger partial charge in [-0.05, 0) is 49.1 Å². The topological polar surface area (TPSA) is 55.9 Å². The average molecular weight is 374 g/mol. The highest BCUT2D eigenvalue weighted by atomic mass is 16.2. The van der Waals surface area contributed by atoms with Gasteiger partial charge in [-0.2, -0.15) is 5.10 Å². The smallest absolute Gasteiger partial charge is 0.131 e. The fourth-order valence-corrected chi connectivity index (χ4v) is 3.76. The summed E-state index contributed by atoms with van der Waals surface area (Å²) in [5.74, 6) is 0.991. The SMILES string of the molecule is C=Cc1nn(Cc2nc3cc(CC)ccc3n2CCCCO)c2ccccc12. The first-order valence-electron chi connectivity index (χ1n) is 9.92. The molecule has 0 unspecified atom stereocenters. The molecule has 144 valence electrons. The van der Waals surface area contributed by atoms with Gasteiger partial charge in [0.2, 0.25) is 0 Å². The fourth-order valence-electron chi connectivity index (χ4n) is 3.76. The molecule has 0 saturated heterocycles. The van der Waals surface area contributed by atoms with Gasteiger partial charge in [0.25, 0.3) is 0 Å². The third-order valence-corrected chi connectivity index (χ3v) is 5.26. The molecule has 4 rings (SSSR count). The highest BCUT2D eigenvalue weighted by Gasteiger charge is 2.14. The largest absolute Gasteiger partial charge is 0.396 e. The summed E-state index contributed by atoms with van der Waals surface area (Å²) < 4.78 is 4.28. The highest BCUT2D eigenvalue weighted by molar-refractivity contribution is 5.87. The van der Waals surface area contributed by atoms with E-state index >= 15 is 0 Å². The van der Waals surface area contributed by atoms with Crippen LogP contribution in [0, 0.1) is 0 Å². The fraction of sp³-hybridized carbons (Fsp3) is 0.304. The minimum absolute atomic E-state index is 0.217. The third-order valence-electron chi connectivity index (χ3n) is 5.26. The lowest BCUT2D eigenvalue weighted by Crippen LogP contribution is -2.10. The quantitative estimate of drug-likeness (QED) is 0.465. The van der Waals surface area contributed by atoms with E-state index in [4.69, 9.17) is 10.1 Å². The molecule has 0 bridgehead atoms. The zero-order valence-electron chi connectivity index (χ0n) is 16.3. The molecule has 0 atom stereocenters. The molecule has 0 saturated carbocycles. The molecule has 4 aromatic rings. The number of unbranched alkanes of at least 4 members (excludes halogenated alkanes) is 1. The molecule has 1 N–H and O–H groups in total. The Bertz CT molecular complexity index is 1120. The summed E-state index contributed by atoms with van der Waals surface area (Å²) in [6, 6.07) is 14.7. The van der Waals surface area contributed by atoms with Crippen LogP contribution in [0.4, 0.5) is 0 Å². The molecule has 0 fully saturated rings. The molecule has 0 aliphatic carbocycles. The Labute approximate surface area is 164 Å². The molecule has 5 nitrogen and oxygen atoms in total. The number of rotatable bonds is 8. The molecule has 0 amide bonds. The van der Waals surface area contributed by atoms with Crippen LogP contribution in [0.3, 0.4) is 0 Å². The Morgan fingerprint density at radius 1 is 1.11 bits per heavy atom. The van der Waals surface area contributed by atoms with Crippen LogP contribution in [0.5, 0.6) is 0 Å². The third kappa shape index (κ3) is 3.34. The van der Waals surface area contributed by atoms with Crippen molar-refractivity contribution in [1.29, 1.82) is 0 Å². The van der Waals surface area contributed by atoms with Crippen molar-refractivity contribution in [3.05, 3.63) is 66.1 Å². The maximum Gasteiger partial charge on any atom is 0.131 e. The number of imidazole rings is 1. The molecule has 28 heavy (non-hydrogen) atoms. The zero-order chi connectivity index (χ0) is 19.5. The Hall–Kier alpha value is -2.92. The number of aliphatic hydroxyl groups is 1. The maximum atomic E-state index is 9.18. The number of hydrogen-bond acceptors (Lipinski definition) is 3. The minimum Gasteiger partial charge on any atom is -0.396 e. The van der Waals surface area contributed by atoms with Crippen LogP contribution in [0.25, 0.3) is 28.0 Å². The monoisotopic (exact) mass is 374 g/mol. The molecule has 2 aromatic heterocycles. The molecular formula is C23H26N4O. The van der Waals surface area contributed by atoms with E-state index in [9.17, 15) is 5.11 Å². The van der Waals surface area contributed by atoms with Crippen molar-refractivity contribution in [2.24, 2.45) is 0 Å². The van der Waals surface area contributed by atoms with E-state index in [1.54, 1.807) is 6.08 Å². The number of fused-ring (bicyclic) bond motifs is 2. The number of aryl methyl sites for hydroxylation is 2. The van der Waals surface area contributed by atoms with Crippen molar-refractivity contribution < 1.29 is 5.11 Å². The first kappa shape index (κ1) is 18.4. The molecule has 0 spiro atoms. The second kappa shape index (κ2) is 7.98. The number of benzene rings is 2. The van der Waals surface area contributed by atoms with Crippen LogP contribution in [0.15, 0.2) is 49.0 Å². The number of nitrogens with zero attached hydrogens (tertiary/aromatic N) is 4. The molecular weight excluding hydrogens is 348 g/mol. The Morgan fingerprint density at radius 3 is 2.75 bits per heavy atom. The standard InChI is InChI=1S/C23H26N4O/c1-3-17-11-12-22-20(15-17)24-23(26(22)13-7-8-14-28)16-27-21-10-6-5-9-18(21)19(4-2)25-27/h4-6,9-12,15,28H,2-3,7-8,13-14,16H2,1H3. The highest BCUT2D eigenvalue weighted by Crippen LogP contribution is 2.23. The van der Waals surface area contributed by atoms with Gasteiger partial charge in [0, 0.05) is 18.5 Å². The minimum atomic E-state index is 0.217. The number of para-hydroxylation sites is 1. The number of aliphatic hydroxyl groups excluding tert-OH is 1. The molecule has 2 heterocycles. The van der Waals surface area contributed by atoms with E-state index < -0.39 is 0 Å². The second-order valence-electron chi connectivity index (χ2n) is 7.05. The Kier molecular flexibility index (Phi) is 5.26. The van der Waals surface area contributed by atoms with Gasteiger partial charge in [0.05, 0.1) is 28.8 Å². The van der Waals surface area contributed by atoms with E-state index in [1.165, 1.54) is 5.56 Å². The average Bonchev–Trinajstić information content (AvgIpc) is 3.26. The van der Waals surface area contributed by atoms with Gasteiger partial charge in [-0.15, -0.1) is 0 Å². The van der Waals surface area contributed by atoms with Gasteiger partial charge >= 0.3 is 0 Å². The summed E-state index contributed by atoms with van der Waals surface area (Å²) in [6.45, 7) is 7.72. The molecule has 2 aromatic carbocycles. The van der Waals surface area contributed by atoms with Crippen molar-refractivity contribution in [1.82, 2.24) is 19.3 Å². The van der Waals surface area contributed by atoms with E-state index in [0.717, 1.165) is 59.3 Å². The van der Waals surface area contributed by atoms with E-state index in [1.807, 2.05) is 16.8 Å². The summed E-state index contributed by atoms with van der Waals surface area (Å²) in [7, 11) is 0. The first-order chi connectivity index (χ1) is 13.7. The van der Waals surface area contributed by atoms with E-state index in [-0.39, 0.29) is 6.61 Å². The van der Waals surface area contributed by atoms with E-state index in [0.29, 0.717) is 6.54 Å². The van der Waals surface area contributed by atoms with Gasteiger partial charge in [-0.25, -0.2) is 4.98 Å².